The fraction of sp³-hybridized carbons (Fsp3) is 0.538. The van der Waals surface area contributed by atoms with Gasteiger partial charge in [0.2, 0.25) is 0 Å². The van der Waals surface area contributed by atoms with Crippen LogP contribution in [0.2, 0.25) is 0 Å². The maximum atomic E-state index is 4.37. The Morgan fingerprint density at radius 1 is 1.18 bits per heavy atom. The minimum absolute atomic E-state index is 0.927. The van der Waals surface area contributed by atoms with Crippen LogP contribution in [0, 0.1) is 0 Å². The molecule has 0 aliphatic carbocycles. The second-order valence-corrected chi connectivity index (χ2v) is 5.44. The molecule has 0 bridgehead atoms. The van der Waals surface area contributed by atoms with E-state index in [9.17, 15) is 0 Å². The van der Waals surface area contributed by atoms with Gasteiger partial charge in [0, 0.05) is 19.4 Å². The Kier molecular flexibility index (Phi) is 3.22. The molecule has 90 valence electrons. The van der Waals surface area contributed by atoms with Crippen LogP contribution in [-0.4, -0.2) is 14.8 Å². The molecule has 0 aromatic carbocycles. The second kappa shape index (κ2) is 5.00. The molecule has 17 heavy (non-hydrogen) atoms. The molecule has 0 saturated heterocycles. The zero-order valence-electron chi connectivity index (χ0n) is 9.93. The first kappa shape index (κ1) is 11.0. The van der Waals surface area contributed by atoms with E-state index >= 15 is 0 Å². The predicted octanol–water partition coefficient (Wildman–Crippen LogP) is 3.05. The summed E-state index contributed by atoms with van der Waals surface area (Å²) in [5, 5.41) is 13.1. The van der Waals surface area contributed by atoms with Gasteiger partial charge >= 0.3 is 0 Å². The van der Waals surface area contributed by atoms with E-state index in [-0.39, 0.29) is 0 Å². The van der Waals surface area contributed by atoms with Gasteiger partial charge < -0.3 is 4.57 Å². The van der Waals surface area contributed by atoms with Crippen molar-refractivity contribution in [2.45, 2.75) is 45.1 Å². The Hall–Kier alpha value is -1.16. The average Bonchev–Trinajstić information content (AvgIpc) is 2.90. The lowest BCUT2D eigenvalue weighted by Crippen LogP contribution is -2.10. The van der Waals surface area contributed by atoms with Crippen molar-refractivity contribution in [2.75, 3.05) is 0 Å². The summed E-state index contributed by atoms with van der Waals surface area (Å²) in [7, 11) is 0. The lowest BCUT2D eigenvalue weighted by molar-refractivity contribution is 0.507. The van der Waals surface area contributed by atoms with Crippen molar-refractivity contribution < 1.29 is 0 Å². The monoisotopic (exact) mass is 247 g/mol. The van der Waals surface area contributed by atoms with E-state index in [0.29, 0.717) is 0 Å². The fourth-order valence-corrected chi connectivity index (χ4v) is 3.10. The van der Waals surface area contributed by atoms with E-state index in [1.807, 2.05) is 0 Å². The van der Waals surface area contributed by atoms with Gasteiger partial charge in [-0.25, -0.2) is 0 Å². The smallest absolute Gasteiger partial charge is 0.137 e. The highest BCUT2D eigenvalue weighted by Gasteiger charge is 2.13. The standard InChI is InChI=1S/C13H17N3S/c1-2-4-7-16-12(5-3-1)14-15-13(16)9-11-6-8-17-10-11/h6,8,10H,1-5,7,9H2. The Bertz CT molecular complexity index is 473. The minimum Gasteiger partial charge on any atom is -0.315 e. The predicted molar refractivity (Wildman–Crippen MR) is 69.3 cm³/mol. The molecular weight excluding hydrogens is 230 g/mol. The highest BCUT2D eigenvalue weighted by atomic mass is 32.1. The van der Waals surface area contributed by atoms with Crippen molar-refractivity contribution in [3.63, 3.8) is 0 Å². The Morgan fingerprint density at radius 3 is 3.00 bits per heavy atom. The van der Waals surface area contributed by atoms with Crippen LogP contribution in [0.1, 0.15) is 42.9 Å². The third kappa shape index (κ3) is 2.41. The lowest BCUT2D eigenvalue weighted by Gasteiger charge is -2.13. The van der Waals surface area contributed by atoms with E-state index in [4.69, 9.17) is 0 Å². The molecule has 0 radical (unpaired) electrons. The molecule has 1 aliphatic rings. The molecule has 0 N–H and O–H groups in total. The van der Waals surface area contributed by atoms with E-state index in [0.717, 1.165) is 25.2 Å². The van der Waals surface area contributed by atoms with Gasteiger partial charge in [0.25, 0.3) is 0 Å². The van der Waals surface area contributed by atoms with Gasteiger partial charge in [0.1, 0.15) is 11.6 Å². The van der Waals surface area contributed by atoms with Crippen molar-refractivity contribution in [3.05, 3.63) is 34.0 Å². The minimum atomic E-state index is 0.927. The van der Waals surface area contributed by atoms with Gasteiger partial charge in [0.05, 0.1) is 0 Å². The van der Waals surface area contributed by atoms with Crippen LogP contribution in [0.4, 0.5) is 0 Å². The van der Waals surface area contributed by atoms with Crippen molar-refractivity contribution >= 4 is 11.3 Å². The second-order valence-electron chi connectivity index (χ2n) is 4.66. The average molecular weight is 247 g/mol. The molecule has 3 heterocycles. The van der Waals surface area contributed by atoms with Gasteiger partial charge in [-0.1, -0.05) is 12.8 Å². The van der Waals surface area contributed by atoms with Crippen LogP contribution in [0.3, 0.4) is 0 Å². The largest absolute Gasteiger partial charge is 0.315 e. The Balaban J connectivity index is 1.85. The molecule has 0 fully saturated rings. The van der Waals surface area contributed by atoms with Gasteiger partial charge in [-0.15, -0.1) is 10.2 Å². The summed E-state index contributed by atoms with van der Waals surface area (Å²) in [6.45, 7) is 1.10. The number of fused-ring (bicyclic) bond motifs is 1. The fourth-order valence-electron chi connectivity index (χ4n) is 2.43. The molecular formula is C13H17N3S. The number of nitrogens with zero attached hydrogens (tertiary/aromatic N) is 3. The molecule has 4 heteroatoms. The topological polar surface area (TPSA) is 30.7 Å². The molecule has 1 aliphatic heterocycles. The maximum Gasteiger partial charge on any atom is 0.137 e. The van der Waals surface area contributed by atoms with E-state index in [1.165, 1.54) is 37.1 Å². The molecule has 0 atom stereocenters. The zero-order chi connectivity index (χ0) is 11.5. The highest BCUT2D eigenvalue weighted by Crippen LogP contribution is 2.17. The summed E-state index contributed by atoms with van der Waals surface area (Å²) < 4.78 is 2.34. The third-order valence-electron chi connectivity index (χ3n) is 3.38. The molecule has 2 aromatic heterocycles. The number of hydrogen-bond acceptors (Lipinski definition) is 3. The third-order valence-corrected chi connectivity index (χ3v) is 4.11. The van der Waals surface area contributed by atoms with Crippen LogP contribution in [0.5, 0.6) is 0 Å². The van der Waals surface area contributed by atoms with E-state index in [2.05, 4.69) is 31.6 Å². The zero-order valence-corrected chi connectivity index (χ0v) is 10.7. The van der Waals surface area contributed by atoms with Crippen LogP contribution >= 0.6 is 11.3 Å². The molecule has 3 nitrogen and oxygen atoms in total. The summed E-state index contributed by atoms with van der Waals surface area (Å²) in [5.74, 6) is 2.33. The molecule has 0 amide bonds. The number of hydrogen-bond donors (Lipinski definition) is 0. The SMILES string of the molecule is c1cc(Cc2nnc3n2CCCCCC3)cs1. The maximum absolute atomic E-state index is 4.37. The molecule has 2 aromatic rings. The Labute approximate surface area is 106 Å². The summed E-state index contributed by atoms with van der Waals surface area (Å²) in [6, 6.07) is 2.18. The van der Waals surface area contributed by atoms with Gasteiger partial charge in [-0.3, -0.25) is 0 Å². The first-order valence-electron chi connectivity index (χ1n) is 6.35. The summed E-state index contributed by atoms with van der Waals surface area (Å²) in [5.41, 5.74) is 1.35. The Morgan fingerprint density at radius 2 is 2.12 bits per heavy atom. The first-order valence-corrected chi connectivity index (χ1v) is 7.30. The normalized spacial score (nSPS) is 16.2. The lowest BCUT2D eigenvalue weighted by atomic mass is 10.1. The quantitative estimate of drug-likeness (QED) is 0.816. The highest BCUT2D eigenvalue weighted by molar-refractivity contribution is 7.07. The molecule has 0 unspecified atom stereocenters. The van der Waals surface area contributed by atoms with E-state index < -0.39 is 0 Å². The van der Waals surface area contributed by atoms with Crippen molar-refractivity contribution in [1.82, 2.24) is 14.8 Å². The molecule has 0 spiro atoms. The van der Waals surface area contributed by atoms with Gasteiger partial charge in [0.15, 0.2) is 0 Å². The molecule has 3 rings (SSSR count). The summed E-state index contributed by atoms with van der Waals surface area (Å²) in [6.07, 6.45) is 7.23. The number of aryl methyl sites for hydroxylation is 1. The number of rotatable bonds is 2. The van der Waals surface area contributed by atoms with Crippen LogP contribution < -0.4 is 0 Å². The number of thiophene rings is 1. The summed E-state index contributed by atoms with van der Waals surface area (Å²) >= 11 is 1.75. The first-order chi connectivity index (χ1) is 8.43. The summed E-state index contributed by atoms with van der Waals surface area (Å²) in [4.78, 5) is 0. The van der Waals surface area contributed by atoms with Crippen LogP contribution in [0.25, 0.3) is 0 Å². The van der Waals surface area contributed by atoms with Gasteiger partial charge in [-0.05, 0) is 35.2 Å². The van der Waals surface area contributed by atoms with Crippen LogP contribution in [-0.2, 0) is 19.4 Å². The van der Waals surface area contributed by atoms with Crippen LogP contribution in [0.15, 0.2) is 16.8 Å². The molecule has 0 saturated carbocycles. The van der Waals surface area contributed by atoms with Gasteiger partial charge in [-0.2, -0.15) is 11.3 Å². The van der Waals surface area contributed by atoms with E-state index in [1.54, 1.807) is 11.3 Å². The van der Waals surface area contributed by atoms with Crippen molar-refractivity contribution in [3.8, 4) is 0 Å². The number of aromatic nitrogens is 3. The van der Waals surface area contributed by atoms with Crippen molar-refractivity contribution in [2.24, 2.45) is 0 Å². The van der Waals surface area contributed by atoms with Crippen molar-refractivity contribution in [1.29, 1.82) is 0 Å².